The van der Waals surface area contributed by atoms with Crippen LogP contribution in [0.4, 0.5) is 0 Å². The normalized spacial score (nSPS) is 10.4. The van der Waals surface area contributed by atoms with Gasteiger partial charge >= 0.3 is 0 Å². The molecule has 2 aromatic heterocycles. The van der Waals surface area contributed by atoms with Crippen LogP contribution in [0.2, 0.25) is 0 Å². The number of hydrogen-bond donors (Lipinski definition) is 1. The van der Waals surface area contributed by atoms with E-state index >= 15 is 0 Å². The highest BCUT2D eigenvalue weighted by atomic mass is 79.9. The van der Waals surface area contributed by atoms with E-state index in [0.717, 1.165) is 0 Å². The van der Waals surface area contributed by atoms with Crippen LogP contribution in [0.3, 0.4) is 0 Å². The van der Waals surface area contributed by atoms with Gasteiger partial charge in [0.05, 0.1) is 18.4 Å². The largest absolute Gasteiger partial charge is 0.457 e. The lowest BCUT2D eigenvalue weighted by Crippen LogP contribution is -2.23. The fraction of sp³-hybridized carbons (Fsp3) is 0.222. The van der Waals surface area contributed by atoms with Gasteiger partial charge in [0, 0.05) is 6.92 Å². The zero-order valence-corrected chi connectivity index (χ0v) is 9.94. The van der Waals surface area contributed by atoms with Crippen LogP contribution in [0.15, 0.2) is 25.9 Å². The molecule has 1 amide bonds. The monoisotopic (exact) mass is 285 g/mol. The molecule has 84 valence electrons. The molecule has 0 aromatic carbocycles. The Labute approximate surface area is 99.1 Å². The molecule has 0 saturated heterocycles. The summed E-state index contributed by atoms with van der Waals surface area (Å²) in [6.07, 6.45) is 1.43. The molecule has 0 saturated carbocycles. The molecule has 2 rings (SSSR count). The average Bonchev–Trinajstić information content (AvgIpc) is 2.84. The fourth-order valence-corrected chi connectivity index (χ4v) is 1.54. The van der Waals surface area contributed by atoms with Gasteiger partial charge in [0.1, 0.15) is 0 Å². The molecule has 0 aliphatic rings. The van der Waals surface area contributed by atoms with Gasteiger partial charge in [0.2, 0.25) is 5.89 Å². The van der Waals surface area contributed by atoms with E-state index in [1.165, 1.54) is 6.26 Å². The van der Waals surface area contributed by atoms with Gasteiger partial charge in [-0.05, 0) is 22.0 Å². The third-order valence-electron chi connectivity index (χ3n) is 1.84. The van der Waals surface area contributed by atoms with Crippen LogP contribution >= 0.6 is 15.9 Å². The molecule has 0 unspecified atom stereocenters. The summed E-state index contributed by atoms with van der Waals surface area (Å²) in [5.41, 5.74) is 0.431. The lowest BCUT2D eigenvalue weighted by atomic mass is 10.3. The van der Waals surface area contributed by atoms with Crippen molar-refractivity contribution in [3.8, 4) is 0 Å². The maximum Gasteiger partial charge on any atom is 0.256 e. The van der Waals surface area contributed by atoms with Gasteiger partial charge in [-0.1, -0.05) is 5.16 Å². The first-order valence-electron chi connectivity index (χ1n) is 4.47. The van der Waals surface area contributed by atoms with Crippen molar-refractivity contribution in [3.05, 3.63) is 34.3 Å². The highest BCUT2D eigenvalue weighted by Gasteiger charge is 2.13. The number of hydrogen-bond acceptors (Lipinski definition) is 5. The number of nitrogens with one attached hydrogen (secondary N) is 1. The van der Waals surface area contributed by atoms with Gasteiger partial charge in [-0.2, -0.15) is 4.98 Å². The molecule has 6 nitrogen and oxygen atoms in total. The molecule has 0 radical (unpaired) electrons. The first kappa shape index (κ1) is 10.9. The summed E-state index contributed by atoms with van der Waals surface area (Å²) in [6.45, 7) is 1.90. The summed E-state index contributed by atoms with van der Waals surface area (Å²) in [7, 11) is 0. The third kappa shape index (κ3) is 2.30. The summed E-state index contributed by atoms with van der Waals surface area (Å²) in [4.78, 5) is 15.6. The number of aryl methyl sites for hydroxylation is 1. The van der Waals surface area contributed by atoms with Crippen molar-refractivity contribution in [2.75, 3.05) is 0 Å². The van der Waals surface area contributed by atoms with Gasteiger partial charge in [-0.3, -0.25) is 4.79 Å². The third-order valence-corrected chi connectivity index (χ3v) is 2.45. The number of amides is 1. The van der Waals surface area contributed by atoms with Crippen molar-refractivity contribution in [1.29, 1.82) is 0 Å². The zero-order valence-electron chi connectivity index (χ0n) is 8.36. The Morgan fingerprint density at radius 2 is 2.44 bits per heavy atom. The predicted octanol–water partition coefficient (Wildman–Crippen LogP) is 1.66. The molecule has 16 heavy (non-hydrogen) atoms. The van der Waals surface area contributed by atoms with Crippen LogP contribution in [-0.2, 0) is 6.54 Å². The number of rotatable bonds is 3. The molecule has 0 aliphatic heterocycles. The summed E-state index contributed by atoms with van der Waals surface area (Å²) >= 11 is 3.12. The first-order chi connectivity index (χ1) is 7.66. The van der Waals surface area contributed by atoms with Crippen molar-refractivity contribution in [2.24, 2.45) is 0 Å². The second-order valence-electron chi connectivity index (χ2n) is 3.02. The van der Waals surface area contributed by atoms with Gasteiger partial charge in [-0.25, -0.2) is 0 Å². The van der Waals surface area contributed by atoms with E-state index in [0.29, 0.717) is 21.9 Å². The Balaban J connectivity index is 1.96. The van der Waals surface area contributed by atoms with Crippen LogP contribution in [-0.4, -0.2) is 16.0 Å². The van der Waals surface area contributed by atoms with E-state index in [1.807, 2.05) is 0 Å². The molecule has 7 heteroatoms. The molecule has 2 heterocycles. The van der Waals surface area contributed by atoms with Crippen molar-refractivity contribution < 1.29 is 13.7 Å². The standard InChI is InChI=1S/C9H8BrN3O3/c1-5-12-7(13-16-5)4-11-9(14)6-2-3-15-8(6)10/h2-3H,4H2,1H3,(H,11,14). The number of furan rings is 1. The van der Waals surface area contributed by atoms with Gasteiger partial charge in [-0.15, -0.1) is 0 Å². The smallest absolute Gasteiger partial charge is 0.256 e. The summed E-state index contributed by atoms with van der Waals surface area (Å²) in [5, 5.41) is 6.30. The molecule has 0 atom stereocenters. The molecule has 0 aliphatic carbocycles. The fourth-order valence-electron chi connectivity index (χ4n) is 1.12. The second-order valence-corrected chi connectivity index (χ2v) is 3.74. The van der Waals surface area contributed by atoms with Gasteiger partial charge in [0.25, 0.3) is 5.91 Å². The average molecular weight is 286 g/mol. The molecule has 1 N–H and O–H groups in total. The highest BCUT2D eigenvalue weighted by molar-refractivity contribution is 9.10. The van der Waals surface area contributed by atoms with Crippen molar-refractivity contribution in [3.63, 3.8) is 0 Å². The lowest BCUT2D eigenvalue weighted by molar-refractivity contribution is 0.0948. The van der Waals surface area contributed by atoms with E-state index in [4.69, 9.17) is 8.94 Å². The molecule has 0 fully saturated rings. The van der Waals surface area contributed by atoms with Crippen molar-refractivity contribution in [1.82, 2.24) is 15.5 Å². The number of halogens is 1. The molecular weight excluding hydrogens is 278 g/mol. The summed E-state index contributed by atoms with van der Waals surface area (Å²) in [5.74, 6) is 0.641. The molecular formula is C9H8BrN3O3. The Kier molecular flexibility index (Phi) is 3.04. The van der Waals surface area contributed by atoms with Crippen LogP contribution < -0.4 is 5.32 Å². The van der Waals surface area contributed by atoms with Gasteiger partial charge < -0.3 is 14.3 Å². The molecule has 2 aromatic rings. The van der Waals surface area contributed by atoms with Crippen LogP contribution in [0, 0.1) is 6.92 Å². The molecule has 0 spiro atoms. The van der Waals surface area contributed by atoms with E-state index in [1.54, 1.807) is 13.0 Å². The highest BCUT2D eigenvalue weighted by Crippen LogP contribution is 2.17. The SMILES string of the molecule is Cc1nc(CNC(=O)c2ccoc2Br)no1. The van der Waals surface area contributed by atoms with E-state index in [-0.39, 0.29) is 12.5 Å². The zero-order chi connectivity index (χ0) is 11.5. The topological polar surface area (TPSA) is 81.2 Å². The minimum atomic E-state index is -0.261. The van der Waals surface area contributed by atoms with E-state index < -0.39 is 0 Å². The summed E-state index contributed by atoms with van der Waals surface area (Å²) < 4.78 is 10.1. The van der Waals surface area contributed by atoms with Crippen molar-refractivity contribution >= 4 is 21.8 Å². The van der Waals surface area contributed by atoms with Crippen molar-refractivity contribution in [2.45, 2.75) is 13.5 Å². The molecule has 0 bridgehead atoms. The van der Waals surface area contributed by atoms with E-state index in [2.05, 4.69) is 31.4 Å². The Bertz CT molecular complexity index is 506. The number of aromatic nitrogens is 2. The van der Waals surface area contributed by atoms with Crippen LogP contribution in [0.25, 0.3) is 0 Å². The first-order valence-corrected chi connectivity index (χ1v) is 5.26. The van der Waals surface area contributed by atoms with Crippen LogP contribution in [0.1, 0.15) is 22.1 Å². The quantitative estimate of drug-likeness (QED) is 0.928. The van der Waals surface area contributed by atoms with Gasteiger partial charge in [0.15, 0.2) is 10.5 Å². The Hall–Kier alpha value is -1.63. The minimum absolute atomic E-state index is 0.216. The maximum atomic E-state index is 11.6. The second kappa shape index (κ2) is 4.48. The number of carbonyl (C=O) groups is 1. The summed E-state index contributed by atoms with van der Waals surface area (Å²) in [6, 6.07) is 1.57. The lowest BCUT2D eigenvalue weighted by Gasteiger charge is -1.99. The minimum Gasteiger partial charge on any atom is -0.457 e. The Morgan fingerprint density at radius 1 is 1.62 bits per heavy atom. The number of nitrogens with zero attached hydrogens (tertiary/aromatic N) is 2. The maximum absolute atomic E-state index is 11.6. The predicted molar refractivity (Wildman–Crippen MR) is 56.6 cm³/mol. The Morgan fingerprint density at radius 3 is 3.00 bits per heavy atom. The van der Waals surface area contributed by atoms with Crippen LogP contribution in [0.5, 0.6) is 0 Å². The van der Waals surface area contributed by atoms with E-state index in [9.17, 15) is 4.79 Å². The number of carbonyl (C=O) groups excluding carboxylic acids is 1.